The van der Waals surface area contributed by atoms with E-state index < -0.39 is 0 Å². The molecular weight excluding hydrogens is 352 g/mol. The molecule has 5 heteroatoms. The van der Waals surface area contributed by atoms with Crippen molar-refractivity contribution < 1.29 is 14.4 Å². The number of carbonyl (C=O) groups is 3. The predicted molar refractivity (Wildman–Crippen MR) is 106 cm³/mol. The molecule has 5 nitrogen and oxygen atoms in total. The Morgan fingerprint density at radius 2 is 1.61 bits per heavy atom. The Morgan fingerprint density at radius 3 is 2.25 bits per heavy atom. The lowest BCUT2D eigenvalue weighted by molar-refractivity contribution is -0.123. The highest BCUT2D eigenvalue weighted by atomic mass is 16.2. The Labute approximate surface area is 163 Å². The first kappa shape index (κ1) is 16.9. The average Bonchev–Trinajstić information content (AvgIpc) is 3.36. The molecule has 3 amide bonds. The fourth-order valence-electron chi connectivity index (χ4n) is 4.79. The molecule has 1 aliphatic heterocycles. The first-order valence-electron chi connectivity index (χ1n) is 9.57. The number of hydrogen-bond acceptors (Lipinski definition) is 3. The normalized spacial score (nSPS) is 27.4. The van der Waals surface area contributed by atoms with Gasteiger partial charge in [-0.1, -0.05) is 35.9 Å². The number of nitrogens with zero attached hydrogens (tertiary/aromatic N) is 1. The van der Waals surface area contributed by atoms with Crippen LogP contribution in [0.3, 0.4) is 0 Å². The summed E-state index contributed by atoms with van der Waals surface area (Å²) < 4.78 is 0. The molecule has 1 heterocycles. The van der Waals surface area contributed by atoms with Crippen LogP contribution in [-0.2, 0) is 9.59 Å². The van der Waals surface area contributed by atoms with Gasteiger partial charge in [0.1, 0.15) is 0 Å². The molecule has 2 bridgehead atoms. The van der Waals surface area contributed by atoms with Crippen LogP contribution in [0.1, 0.15) is 22.3 Å². The summed E-state index contributed by atoms with van der Waals surface area (Å²) >= 11 is 0. The van der Waals surface area contributed by atoms with E-state index in [9.17, 15) is 14.4 Å². The number of amides is 3. The highest BCUT2D eigenvalue weighted by molar-refractivity contribution is 6.23. The Morgan fingerprint density at radius 1 is 0.964 bits per heavy atom. The van der Waals surface area contributed by atoms with Crippen LogP contribution in [0.5, 0.6) is 0 Å². The smallest absolute Gasteiger partial charge is 0.255 e. The summed E-state index contributed by atoms with van der Waals surface area (Å²) in [5.74, 6) is -0.554. The fraction of sp³-hybridized carbons (Fsp3) is 0.261. The third-order valence-electron chi connectivity index (χ3n) is 6.15. The van der Waals surface area contributed by atoms with Crippen LogP contribution in [0.25, 0.3) is 0 Å². The van der Waals surface area contributed by atoms with E-state index in [1.807, 2.05) is 19.1 Å². The van der Waals surface area contributed by atoms with E-state index in [0.717, 1.165) is 12.0 Å². The van der Waals surface area contributed by atoms with Crippen molar-refractivity contribution in [2.75, 3.05) is 10.2 Å². The lowest BCUT2D eigenvalue weighted by atomic mass is 9.85. The van der Waals surface area contributed by atoms with Gasteiger partial charge >= 0.3 is 0 Å². The number of aryl methyl sites for hydroxylation is 1. The number of nitrogens with one attached hydrogen (secondary N) is 1. The SMILES string of the molecule is Cc1ccc(C(=O)Nc2cccc(N3C(=O)[C@@H]4[C@@H](C3=O)[C@H]3C=C[C@H]4C3)c2)cc1. The topological polar surface area (TPSA) is 66.5 Å². The van der Waals surface area contributed by atoms with E-state index in [1.54, 1.807) is 36.4 Å². The van der Waals surface area contributed by atoms with E-state index in [1.165, 1.54) is 4.90 Å². The third-order valence-corrected chi connectivity index (χ3v) is 6.15. The van der Waals surface area contributed by atoms with Crippen molar-refractivity contribution in [3.8, 4) is 0 Å². The summed E-state index contributed by atoms with van der Waals surface area (Å²) in [4.78, 5) is 39.7. The predicted octanol–water partition coefficient (Wildman–Crippen LogP) is 3.56. The van der Waals surface area contributed by atoms with Crippen LogP contribution in [-0.4, -0.2) is 17.7 Å². The minimum atomic E-state index is -0.228. The van der Waals surface area contributed by atoms with Gasteiger partial charge in [-0.25, -0.2) is 4.90 Å². The number of allylic oxidation sites excluding steroid dienone is 2. The van der Waals surface area contributed by atoms with Gasteiger partial charge < -0.3 is 5.32 Å². The van der Waals surface area contributed by atoms with E-state index >= 15 is 0 Å². The van der Waals surface area contributed by atoms with Gasteiger partial charge in [-0.05, 0) is 55.5 Å². The second-order valence-corrected chi connectivity index (χ2v) is 7.88. The lowest BCUT2D eigenvalue weighted by Crippen LogP contribution is -2.32. The number of fused-ring (bicyclic) bond motifs is 5. The molecule has 2 fully saturated rings. The highest BCUT2D eigenvalue weighted by Crippen LogP contribution is 2.53. The standard InChI is InChI=1S/C23H20N2O3/c1-13-5-7-14(8-6-13)21(26)24-17-3-2-4-18(12-17)25-22(27)19-15-9-10-16(11-15)20(19)23(25)28/h2-10,12,15-16,19-20H,11H2,1H3,(H,24,26)/t15-,16-,19-,20-/m0/s1. The molecule has 28 heavy (non-hydrogen) atoms. The summed E-state index contributed by atoms with van der Waals surface area (Å²) in [5.41, 5.74) is 2.72. The summed E-state index contributed by atoms with van der Waals surface area (Å²) in [7, 11) is 0. The first-order chi connectivity index (χ1) is 13.5. The van der Waals surface area contributed by atoms with Crippen LogP contribution in [0.2, 0.25) is 0 Å². The number of rotatable bonds is 3. The fourth-order valence-corrected chi connectivity index (χ4v) is 4.79. The highest BCUT2D eigenvalue weighted by Gasteiger charge is 2.59. The van der Waals surface area contributed by atoms with Gasteiger partial charge in [0.2, 0.25) is 11.8 Å². The van der Waals surface area contributed by atoms with Crippen molar-refractivity contribution in [1.82, 2.24) is 0 Å². The van der Waals surface area contributed by atoms with E-state index in [-0.39, 0.29) is 41.4 Å². The maximum atomic E-state index is 13.0. The van der Waals surface area contributed by atoms with Crippen LogP contribution < -0.4 is 10.2 Å². The summed E-state index contributed by atoms with van der Waals surface area (Å²) in [6.45, 7) is 1.96. The zero-order valence-electron chi connectivity index (χ0n) is 15.5. The molecule has 1 saturated carbocycles. The second kappa shape index (κ2) is 6.16. The number of hydrogen-bond donors (Lipinski definition) is 1. The molecule has 2 aromatic rings. The molecular formula is C23H20N2O3. The maximum Gasteiger partial charge on any atom is 0.255 e. The lowest BCUT2D eigenvalue weighted by Gasteiger charge is -2.18. The first-order valence-corrected chi connectivity index (χ1v) is 9.57. The van der Waals surface area contributed by atoms with Crippen LogP contribution in [0.15, 0.2) is 60.7 Å². The molecule has 0 aromatic heterocycles. The van der Waals surface area contributed by atoms with Crippen molar-refractivity contribution in [2.24, 2.45) is 23.7 Å². The molecule has 2 aromatic carbocycles. The van der Waals surface area contributed by atoms with Crippen molar-refractivity contribution in [3.05, 3.63) is 71.8 Å². The monoisotopic (exact) mass is 372 g/mol. The largest absolute Gasteiger partial charge is 0.322 e. The number of carbonyl (C=O) groups excluding carboxylic acids is 3. The quantitative estimate of drug-likeness (QED) is 0.662. The average molecular weight is 372 g/mol. The number of anilines is 2. The Bertz CT molecular complexity index is 994. The van der Waals surface area contributed by atoms with E-state index in [2.05, 4.69) is 17.5 Å². The second-order valence-electron chi connectivity index (χ2n) is 7.88. The minimum Gasteiger partial charge on any atom is -0.322 e. The van der Waals surface area contributed by atoms with Crippen LogP contribution in [0.4, 0.5) is 11.4 Å². The molecule has 4 atom stereocenters. The Kier molecular flexibility index (Phi) is 3.72. The maximum absolute atomic E-state index is 13.0. The number of benzene rings is 2. The minimum absolute atomic E-state index is 0.117. The molecule has 5 rings (SSSR count). The van der Waals surface area contributed by atoms with Gasteiger partial charge in [0.15, 0.2) is 0 Å². The molecule has 0 spiro atoms. The van der Waals surface area contributed by atoms with Crippen molar-refractivity contribution >= 4 is 29.1 Å². The van der Waals surface area contributed by atoms with Crippen molar-refractivity contribution in [2.45, 2.75) is 13.3 Å². The Hall–Kier alpha value is -3.21. The summed E-state index contributed by atoms with van der Waals surface area (Å²) in [5, 5.41) is 2.85. The van der Waals surface area contributed by atoms with Gasteiger partial charge in [0.25, 0.3) is 5.91 Å². The zero-order chi connectivity index (χ0) is 19.4. The van der Waals surface area contributed by atoms with Crippen molar-refractivity contribution in [1.29, 1.82) is 0 Å². The summed E-state index contributed by atoms with van der Waals surface area (Å²) in [6.07, 6.45) is 5.07. The molecule has 2 aliphatic carbocycles. The van der Waals surface area contributed by atoms with Gasteiger partial charge in [-0.15, -0.1) is 0 Å². The molecule has 3 aliphatic rings. The zero-order valence-corrected chi connectivity index (χ0v) is 15.5. The van der Waals surface area contributed by atoms with Gasteiger partial charge in [0, 0.05) is 11.3 Å². The third kappa shape index (κ3) is 2.50. The van der Waals surface area contributed by atoms with Crippen LogP contribution >= 0.6 is 0 Å². The molecule has 140 valence electrons. The van der Waals surface area contributed by atoms with Gasteiger partial charge in [0.05, 0.1) is 17.5 Å². The number of imide groups is 1. The molecule has 0 unspecified atom stereocenters. The van der Waals surface area contributed by atoms with Crippen molar-refractivity contribution in [3.63, 3.8) is 0 Å². The molecule has 1 saturated heterocycles. The van der Waals surface area contributed by atoms with E-state index in [0.29, 0.717) is 16.9 Å². The van der Waals surface area contributed by atoms with Crippen LogP contribution in [0, 0.1) is 30.6 Å². The molecule has 1 N–H and O–H groups in total. The van der Waals surface area contributed by atoms with Gasteiger partial charge in [-0.3, -0.25) is 14.4 Å². The van der Waals surface area contributed by atoms with Gasteiger partial charge in [-0.2, -0.15) is 0 Å². The Balaban J connectivity index is 1.39. The summed E-state index contributed by atoms with van der Waals surface area (Å²) in [6, 6.07) is 14.3. The van der Waals surface area contributed by atoms with E-state index in [4.69, 9.17) is 0 Å². The molecule has 0 radical (unpaired) electrons.